The molecule has 0 atom stereocenters. The van der Waals surface area contributed by atoms with E-state index in [-0.39, 0.29) is 36.0 Å². The molecule has 0 aliphatic rings. The highest BCUT2D eigenvalue weighted by Crippen LogP contribution is 2.25. The van der Waals surface area contributed by atoms with Crippen molar-refractivity contribution >= 4 is 29.1 Å². The van der Waals surface area contributed by atoms with Gasteiger partial charge in [-0.05, 0) is 49.7 Å². The Morgan fingerprint density at radius 1 is 1.11 bits per heavy atom. The third-order valence-electron chi connectivity index (χ3n) is 6.12. The van der Waals surface area contributed by atoms with Gasteiger partial charge in [-0.2, -0.15) is 0 Å². The van der Waals surface area contributed by atoms with Gasteiger partial charge in [0.1, 0.15) is 11.4 Å². The number of rotatable bonds is 12. The number of amides is 2. The van der Waals surface area contributed by atoms with Crippen molar-refractivity contribution in [2.45, 2.75) is 33.6 Å². The Kier molecular flexibility index (Phi) is 9.77. The topological polar surface area (TPSA) is 106 Å². The van der Waals surface area contributed by atoms with Crippen LogP contribution in [0.2, 0.25) is 5.02 Å². The van der Waals surface area contributed by atoms with E-state index in [2.05, 4.69) is 16.0 Å². The van der Waals surface area contributed by atoms with Crippen LogP contribution >= 0.6 is 11.6 Å². The van der Waals surface area contributed by atoms with E-state index in [0.717, 1.165) is 5.69 Å². The lowest BCUT2D eigenvalue weighted by Gasteiger charge is -2.24. The summed E-state index contributed by atoms with van der Waals surface area (Å²) in [5.41, 5.74) is 1.13. The molecule has 2 aromatic carbocycles. The van der Waals surface area contributed by atoms with Gasteiger partial charge in [0.2, 0.25) is 5.91 Å². The molecule has 38 heavy (non-hydrogen) atoms. The molecule has 3 aromatic rings. The average Bonchev–Trinajstić information content (AvgIpc) is 3.10. The zero-order chi connectivity index (χ0) is 27.9. The fourth-order valence-electron chi connectivity index (χ4n) is 4.22. The second-order valence-electron chi connectivity index (χ2n) is 9.80. The van der Waals surface area contributed by atoms with Gasteiger partial charge in [-0.15, -0.1) is 0 Å². The number of carbonyl (C=O) groups is 2. The van der Waals surface area contributed by atoms with E-state index in [1.54, 1.807) is 34.6 Å². The number of benzene rings is 2. The lowest BCUT2D eigenvalue weighted by Crippen LogP contribution is -2.37. The summed E-state index contributed by atoms with van der Waals surface area (Å²) >= 11 is 6.08. The monoisotopic (exact) mass is 541 g/mol. The summed E-state index contributed by atoms with van der Waals surface area (Å²) in [7, 11) is 3.64. The van der Waals surface area contributed by atoms with Crippen molar-refractivity contribution < 1.29 is 14.3 Å². The maximum absolute atomic E-state index is 13.4. The third kappa shape index (κ3) is 7.05. The summed E-state index contributed by atoms with van der Waals surface area (Å²) in [6.07, 6.45) is 0.644. The molecule has 9 nitrogen and oxygen atoms in total. The molecular formula is C28H36ClN5O4. The summed E-state index contributed by atoms with van der Waals surface area (Å²) in [5.74, 6) is -0.207. The number of nitrogens with zero attached hydrogens (tertiary/aromatic N) is 2. The number of carbonyl (C=O) groups excluding carboxylic acids is 2. The van der Waals surface area contributed by atoms with Crippen LogP contribution in [0, 0.1) is 5.41 Å². The number of halogens is 1. The van der Waals surface area contributed by atoms with Crippen molar-refractivity contribution in [2.24, 2.45) is 12.5 Å². The molecule has 0 aliphatic heterocycles. The van der Waals surface area contributed by atoms with Gasteiger partial charge in [-0.25, -0.2) is 4.68 Å². The van der Waals surface area contributed by atoms with E-state index < -0.39 is 5.41 Å². The summed E-state index contributed by atoms with van der Waals surface area (Å²) < 4.78 is 8.87. The normalized spacial score (nSPS) is 11.3. The molecule has 0 spiro atoms. The Labute approximate surface area is 228 Å². The fourth-order valence-corrected chi connectivity index (χ4v) is 4.39. The van der Waals surface area contributed by atoms with Crippen LogP contribution in [-0.4, -0.2) is 47.9 Å². The van der Waals surface area contributed by atoms with Crippen LogP contribution in [-0.2, 0) is 18.3 Å². The maximum atomic E-state index is 13.4. The van der Waals surface area contributed by atoms with Crippen molar-refractivity contribution in [3.8, 4) is 11.4 Å². The van der Waals surface area contributed by atoms with Crippen molar-refractivity contribution in [2.75, 3.05) is 32.1 Å². The van der Waals surface area contributed by atoms with Crippen molar-refractivity contribution in [1.82, 2.24) is 20.0 Å². The quantitative estimate of drug-likeness (QED) is 0.323. The second-order valence-corrected chi connectivity index (χ2v) is 10.2. The number of likely N-dealkylation sites (N-methyl/N-ethyl adjacent to an activating group) is 1. The van der Waals surface area contributed by atoms with Crippen LogP contribution in [0.25, 0.3) is 5.69 Å². The molecular weight excluding hydrogens is 506 g/mol. The lowest BCUT2D eigenvalue weighted by molar-refractivity contribution is -0.118. The molecule has 3 N–H and O–H groups in total. The summed E-state index contributed by atoms with van der Waals surface area (Å²) in [6, 6.07) is 14.2. The number of ether oxygens (including phenoxy) is 1. The van der Waals surface area contributed by atoms with Crippen LogP contribution in [0.3, 0.4) is 0 Å². The van der Waals surface area contributed by atoms with Crippen molar-refractivity contribution in [1.29, 1.82) is 0 Å². The van der Waals surface area contributed by atoms with Gasteiger partial charge in [0.05, 0.1) is 23.6 Å². The zero-order valence-electron chi connectivity index (χ0n) is 22.6. The summed E-state index contributed by atoms with van der Waals surface area (Å²) in [4.78, 5) is 39.4. The maximum Gasteiger partial charge on any atom is 0.295 e. The molecule has 2 amide bonds. The first-order valence-corrected chi connectivity index (χ1v) is 13.0. The molecule has 0 unspecified atom stereocenters. The molecule has 0 fully saturated rings. The second kappa shape index (κ2) is 12.8. The molecule has 0 saturated carbocycles. The van der Waals surface area contributed by atoms with Gasteiger partial charge >= 0.3 is 0 Å². The first-order valence-electron chi connectivity index (χ1n) is 12.6. The molecule has 0 bridgehead atoms. The van der Waals surface area contributed by atoms with Gasteiger partial charge in [-0.1, -0.05) is 43.6 Å². The van der Waals surface area contributed by atoms with Gasteiger partial charge in [-0.3, -0.25) is 19.1 Å². The van der Waals surface area contributed by atoms with Crippen LogP contribution in [0.15, 0.2) is 53.3 Å². The fraction of sp³-hybridized carbons (Fsp3) is 0.393. The highest BCUT2D eigenvalue weighted by Gasteiger charge is 2.27. The molecule has 1 heterocycles. The number of anilines is 1. The Morgan fingerprint density at radius 3 is 2.47 bits per heavy atom. The Hall–Kier alpha value is -3.56. The molecule has 0 saturated heterocycles. The first kappa shape index (κ1) is 29.0. The number of hydrogen-bond donors (Lipinski definition) is 3. The van der Waals surface area contributed by atoms with Crippen molar-refractivity contribution in [3.05, 3.63) is 75.2 Å². The van der Waals surface area contributed by atoms with Gasteiger partial charge < -0.3 is 20.7 Å². The Balaban J connectivity index is 1.75. The minimum Gasteiger partial charge on any atom is -0.493 e. The SMILES string of the molecule is CCOc1ccc(Cl)cc1C(=O)NCC(C)(C)CC(=O)Nc1c(CCNC)n(C)n(-c2ccccc2)c1=O. The predicted octanol–water partition coefficient (Wildman–Crippen LogP) is 3.77. The molecule has 204 valence electrons. The van der Waals surface area contributed by atoms with E-state index >= 15 is 0 Å². The first-order chi connectivity index (χ1) is 18.1. The lowest BCUT2D eigenvalue weighted by atomic mass is 9.88. The van der Waals surface area contributed by atoms with Crippen molar-refractivity contribution in [3.63, 3.8) is 0 Å². The van der Waals surface area contributed by atoms with Gasteiger partial charge in [0, 0.05) is 38.0 Å². The number of nitrogens with one attached hydrogen (secondary N) is 3. The zero-order valence-corrected chi connectivity index (χ0v) is 23.3. The van der Waals surface area contributed by atoms with E-state index in [9.17, 15) is 14.4 Å². The van der Waals surface area contributed by atoms with E-state index in [1.165, 1.54) is 0 Å². The third-order valence-corrected chi connectivity index (χ3v) is 6.35. The predicted molar refractivity (Wildman–Crippen MR) is 151 cm³/mol. The highest BCUT2D eigenvalue weighted by atomic mass is 35.5. The van der Waals surface area contributed by atoms with Crippen LogP contribution < -0.4 is 26.2 Å². The van der Waals surface area contributed by atoms with E-state index in [4.69, 9.17) is 16.3 Å². The average molecular weight is 542 g/mol. The summed E-state index contributed by atoms with van der Waals surface area (Å²) in [5, 5.41) is 9.26. The molecule has 3 rings (SSSR count). The van der Waals surface area contributed by atoms with E-state index in [0.29, 0.717) is 41.6 Å². The van der Waals surface area contributed by atoms with Crippen LogP contribution in [0.1, 0.15) is 43.2 Å². The van der Waals surface area contributed by atoms with Crippen LogP contribution in [0.4, 0.5) is 5.69 Å². The largest absolute Gasteiger partial charge is 0.493 e. The Morgan fingerprint density at radius 2 is 1.82 bits per heavy atom. The number of aromatic nitrogens is 2. The smallest absolute Gasteiger partial charge is 0.295 e. The van der Waals surface area contributed by atoms with Crippen LogP contribution in [0.5, 0.6) is 5.75 Å². The molecule has 0 radical (unpaired) electrons. The number of para-hydroxylation sites is 1. The summed E-state index contributed by atoms with van der Waals surface area (Å²) in [6.45, 7) is 6.87. The van der Waals surface area contributed by atoms with Gasteiger partial charge in [0.25, 0.3) is 11.5 Å². The minimum atomic E-state index is -0.595. The van der Waals surface area contributed by atoms with E-state index in [1.807, 2.05) is 58.2 Å². The Bertz CT molecular complexity index is 1330. The number of hydrogen-bond acceptors (Lipinski definition) is 5. The molecule has 10 heteroatoms. The minimum absolute atomic E-state index is 0.0896. The van der Waals surface area contributed by atoms with Gasteiger partial charge in [0.15, 0.2) is 0 Å². The standard InChI is InChI=1S/C28H36ClN5O4/c1-6-38-23-13-12-19(29)16-21(23)26(36)31-18-28(2,3)17-24(35)32-25-22(14-15-30-4)33(5)34(27(25)37)20-10-8-7-9-11-20/h7-13,16,30H,6,14-15,17-18H2,1-5H3,(H,31,36)(H,32,35). The highest BCUT2D eigenvalue weighted by molar-refractivity contribution is 6.31. The molecule has 1 aromatic heterocycles. The molecule has 0 aliphatic carbocycles.